The fourth-order valence-corrected chi connectivity index (χ4v) is 5.06. The number of carbonyl (C=O) groups is 1. The van der Waals surface area contributed by atoms with E-state index in [9.17, 15) is 13.2 Å². The van der Waals surface area contributed by atoms with E-state index in [-0.39, 0.29) is 23.6 Å². The van der Waals surface area contributed by atoms with Crippen LogP contribution in [0.1, 0.15) is 38.5 Å². The average molecular weight is 344 g/mol. The van der Waals surface area contributed by atoms with Gasteiger partial charge in [-0.05, 0) is 25.2 Å². The number of hydrogen-bond donors (Lipinski definition) is 1. The maximum atomic E-state index is 12.4. The van der Waals surface area contributed by atoms with Crippen molar-refractivity contribution in [2.45, 2.75) is 44.6 Å². The Morgan fingerprint density at radius 2 is 2.00 bits per heavy atom. The number of sulfone groups is 1. The number of hydrogen-bond acceptors (Lipinski definition) is 4. The second kappa shape index (κ2) is 8.68. The zero-order valence-electron chi connectivity index (χ0n) is 13.9. The third-order valence-electron chi connectivity index (χ3n) is 4.67. The molecule has 2 rings (SSSR count). The van der Waals surface area contributed by atoms with E-state index in [1.54, 1.807) is 18.2 Å². The second-order valence-corrected chi connectivity index (χ2v) is 8.68. The maximum Gasteiger partial charge on any atom is 0.321 e. The zero-order valence-corrected chi connectivity index (χ0v) is 14.7. The number of allylic oxidation sites excluding steroid dienone is 1. The lowest BCUT2D eigenvalue weighted by molar-refractivity contribution is 0.135. The Kier molecular flexibility index (Phi) is 6.89. The van der Waals surface area contributed by atoms with Crippen molar-refractivity contribution in [3.05, 3.63) is 12.3 Å². The molecular formula is C16H28N2O4S. The van der Waals surface area contributed by atoms with Crippen LogP contribution >= 0.6 is 0 Å². The number of methoxy groups -OCH3 is 1. The van der Waals surface area contributed by atoms with Gasteiger partial charge in [0.2, 0.25) is 0 Å². The summed E-state index contributed by atoms with van der Waals surface area (Å²) in [6, 6.07) is -0.491. The summed E-state index contributed by atoms with van der Waals surface area (Å²) in [5.41, 5.74) is 0. The van der Waals surface area contributed by atoms with Crippen molar-refractivity contribution in [1.82, 2.24) is 10.2 Å². The van der Waals surface area contributed by atoms with Crippen LogP contribution in [0, 0.1) is 5.92 Å². The van der Waals surface area contributed by atoms with Crippen molar-refractivity contribution in [1.29, 1.82) is 0 Å². The van der Waals surface area contributed by atoms with Gasteiger partial charge in [-0.1, -0.05) is 25.3 Å². The number of nitrogens with one attached hydrogen (secondary N) is 1. The molecule has 0 aromatic heterocycles. The predicted molar refractivity (Wildman–Crippen MR) is 89.9 cm³/mol. The molecule has 1 aliphatic carbocycles. The van der Waals surface area contributed by atoms with Gasteiger partial charge in [0, 0.05) is 25.9 Å². The van der Waals surface area contributed by atoms with Gasteiger partial charge in [-0.2, -0.15) is 0 Å². The topological polar surface area (TPSA) is 75.7 Å². The molecule has 0 radical (unpaired) electrons. The van der Waals surface area contributed by atoms with Gasteiger partial charge in [0.1, 0.15) is 0 Å². The molecule has 1 atom stereocenters. The third-order valence-corrected chi connectivity index (χ3v) is 6.42. The normalized spacial score (nSPS) is 24.8. The molecule has 0 aromatic carbocycles. The molecule has 1 N–H and O–H groups in total. The minimum Gasteiger partial charge on any atom is -0.383 e. The molecule has 1 aliphatic heterocycles. The van der Waals surface area contributed by atoms with E-state index in [0.29, 0.717) is 25.5 Å². The number of rotatable bonds is 6. The molecule has 0 aromatic rings. The molecule has 1 saturated carbocycles. The Bertz CT molecular complexity index is 512. The molecule has 6 nitrogen and oxygen atoms in total. The highest BCUT2D eigenvalue weighted by Gasteiger charge is 2.34. The second-order valence-electron chi connectivity index (χ2n) is 6.45. The van der Waals surface area contributed by atoms with E-state index in [2.05, 4.69) is 11.4 Å². The highest BCUT2D eigenvalue weighted by molar-refractivity contribution is 7.91. The smallest absolute Gasteiger partial charge is 0.321 e. The van der Waals surface area contributed by atoms with Crippen LogP contribution in [0.4, 0.5) is 4.79 Å². The summed E-state index contributed by atoms with van der Waals surface area (Å²) in [5.74, 6) is 0.756. The van der Waals surface area contributed by atoms with Crippen LogP contribution in [0.25, 0.3) is 0 Å². The lowest BCUT2D eigenvalue weighted by atomic mass is 9.89. The summed E-state index contributed by atoms with van der Waals surface area (Å²) in [6.07, 6.45) is 10.5. The Morgan fingerprint density at radius 1 is 1.26 bits per heavy atom. The van der Waals surface area contributed by atoms with Gasteiger partial charge in [-0.3, -0.25) is 0 Å². The number of carbonyl (C=O) groups excluding carboxylic acids is 1. The van der Waals surface area contributed by atoms with E-state index in [4.69, 9.17) is 4.74 Å². The summed E-state index contributed by atoms with van der Waals surface area (Å²) in [6.45, 7) is 0.802. The van der Waals surface area contributed by atoms with Crippen LogP contribution in [0.3, 0.4) is 0 Å². The molecule has 23 heavy (non-hydrogen) atoms. The zero-order chi connectivity index (χ0) is 16.7. The van der Waals surface area contributed by atoms with Crippen molar-refractivity contribution >= 4 is 15.9 Å². The summed E-state index contributed by atoms with van der Waals surface area (Å²) < 4.78 is 28.4. The van der Waals surface area contributed by atoms with Gasteiger partial charge < -0.3 is 15.0 Å². The quantitative estimate of drug-likeness (QED) is 0.799. The van der Waals surface area contributed by atoms with Crippen LogP contribution < -0.4 is 5.32 Å². The van der Waals surface area contributed by atoms with E-state index >= 15 is 0 Å². The van der Waals surface area contributed by atoms with E-state index in [1.165, 1.54) is 32.1 Å². The van der Waals surface area contributed by atoms with Crippen LogP contribution in [0.15, 0.2) is 12.3 Å². The molecule has 2 aliphatic rings. The first-order valence-corrected chi connectivity index (χ1v) is 10.3. The average Bonchev–Trinajstić information content (AvgIpc) is 2.88. The molecule has 1 heterocycles. The van der Waals surface area contributed by atoms with Gasteiger partial charge in [-0.25, -0.2) is 13.2 Å². The number of amides is 2. The number of ether oxygens (including phenoxy) is 1. The van der Waals surface area contributed by atoms with Crippen LogP contribution in [-0.2, 0) is 14.6 Å². The van der Waals surface area contributed by atoms with Gasteiger partial charge in [-0.15, -0.1) is 0 Å². The minimum atomic E-state index is -3.02. The first kappa shape index (κ1) is 18.3. The third kappa shape index (κ3) is 5.80. The molecule has 2 amide bonds. The van der Waals surface area contributed by atoms with Crippen molar-refractivity contribution in [3.8, 4) is 0 Å². The van der Waals surface area contributed by atoms with Gasteiger partial charge in [0.05, 0.1) is 18.1 Å². The van der Waals surface area contributed by atoms with Gasteiger partial charge in [0.25, 0.3) is 0 Å². The van der Waals surface area contributed by atoms with Crippen molar-refractivity contribution < 1.29 is 17.9 Å². The van der Waals surface area contributed by atoms with Crippen molar-refractivity contribution in [2.75, 3.05) is 31.8 Å². The molecular weight excluding hydrogens is 316 g/mol. The molecule has 1 saturated heterocycles. The standard InChI is InChI=1S/C16H28N2O4S/c1-22-11-10-18(15-8-12-23(20,21)13-15)16(19)17-9-7-14-5-3-2-4-6-14/h7,9,14-15H,2-6,8,10-13H2,1H3,(H,17,19)/b9-7+. The largest absolute Gasteiger partial charge is 0.383 e. The van der Waals surface area contributed by atoms with Crippen molar-refractivity contribution in [2.24, 2.45) is 5.92 Å². The fourth-order valence-electron chi connectivity index (χ4n) is 3.33. The maximum absolute atomic E-state index is 12.4. The van der Waals surface area contributed by atoms with Crippen LogP contribution in [0.2, 0.25) is 0 Å². The summed E-state index contributed by atoms with van der Waals surface area (Å²) in [4.78, 5) is 14.0. The first-order valence-electron chi connectivity index (χ1n) is 8.45. The Hall–Kier alpha value is -1.08. The Labute approximate surface area is 139 Å². The van der Waals surface area contributed by atoms with E-state index in [1.807, 2.05) is 0 Å². The predicted octanol–water partition coefficient (Wildman–Crippen LogP) is 1.93. The fraction of sp³-hybridized carbons (Fsp3) is 0.812. The van der Waals surface area contributed by atoms with E-state index in [0.717, 1.165) is 0 Å². The molecule has 132 valence electrons. The molecule has 1 unspecified atom stereocenters. The molecule has 7 heteroatoms. The number of urea groups is 1. The molecule has 0 spiro atoms. The number of nitrogens with zero attached hydrogens (tertiary/aromatic N) is 1. The SMILES string of the molecule is COCCN(C(=O)N/C=C/C1CCCCC1)C1CCS(=O)(=O)C1. The summed E-state index contributed by atoms with van der Waals surface area (Å²) in [7, 11) is -1.44. The first-order chi connectivity index (χ1) is 11.0. The highest BCUT2D eigenvalue weighted by atomic mass is 32.2. The van der Waals surface area contributed by atoms with E-state index < -0.39 is 9.84 Å². The monoisotopic (exact) mass is 344 g/mol. The Morgan fingerprint density at radius 3 is 2.61 bits per heavy atom. The van der Waals surface area contributed by atoms with Crippen molar-refractivity contribution in [3.63, 3.8) is 0 Å². The van der Waals surface area contributed by atoms with Gasteiger partial charge in [0.15, 0.2) is 9.84 Å². The lowest BCUT2D eigenvalue weighted by Crippen LogP contribution is -2.46. The van der Waals surface area contributed by atoms with Crippen LogP contribution in [-0.4, -0.2) is 57.2 Å². The minimum absolute atomic E-state index is 0.0521. The van der Waals surface area contributed by atoms with Gasteiger partial charge >= 0.3 is 6.03 Å². The molecule has 0 bridgehead atoms. The Balaban J connectivity index is 1.89. The lowest BCUT2D eigenvalue weighted by Gasteiger charge is -2.27. The van der Waals surface area contributed by atoms with Crippen LogP contribution in [0.5, 0.6) is 0 Å². The molecule has 2 fully saturated rings. The summed E-state index contributed by atoms with van der Waals surface area (Å²) in [5, 5.41) is 2.80. The summed E-state index contributed by atoms with van der Waals surface area (Å²) >= 11 is 0. The highest BCUT2D eigenvalue weighted by Crippen LogP contribution is 2.24.